The maximum absolute atomic E-state index is 11.0. The fourth-order valence-electron chi connectivity index (χ4n) is 1.69. The van der Waals surface area contributed by atoms with Crippen LogP contribution in [0.5, 0.6) is 0 Å². The Morgan fingerprint density at radius 1 is 1.31 bits per heavy atom. The normalized spacial score (nSPS) is 15.1. The molecular formula is C12H26N2O2. The van der Waals surface area contributed by atoms with E-state index in [1.165, 1.54) is 0 Å². The van der Waals surface area contributed by atoms with Crippen molar-refractivity contribution in [2.24, 2.45) is 0 Å². The van der Waals surface area contributed by atoms with Crippen molar-refractivity contribution in [1.29, 1.82) is 0 Å². The van der Waals surface area contributed by atoms with Crippen LogP contribution in [0.3, 0.4) is 0 Å². The van der Waals surface area contributed by atoms with Crippen molar-refractivity contribution in [2.45, 2.75) is 45.6 Å². The summed E-state index contributed by atoms with van der Waals surface area (Å²) in [5.74, 6) is -0.766. The Balaban J connectivity index is 3.84. The first-order chi connectivity index (χ1) is 7.50. The predicted molar refractivity (Wildman–Crippen MR) is 66.7 cm³/mol. The van der Waals surface area contributed by atoms with Crippen LogP contribution in [-0.2, 0) is 4.79 Å². The van der Waals surface area contributed by atoms with Crippen LogP contribution in [0.2, 0.25) is 0 Å². The minimum Gasteiger partial charge on any atom is -0.480 e. The average Bonchev–Trinajstić information content (AvgIpc) is 2.28. The zero-order valence-corrected chi connectivity index (χ0v) is 11.0. The highest BCUT2D eigenvalue weighted by atomic mass is 16.4. The Morgan fingerprint density at radius 2 is 1.88 bits per heavy atom. The van der Waals surface area contributed by atoms with E-state index in [0.717, 1.165) is 32.5 Å². The summed E-state index contributed by atoms with van der Waals surface area (Å²) in [6.45, 7) is 9.24. The number of unbranched alkanes of at least 4 members (excludes halogenated alkanes) is 1. The zero-order valence-electron chi connectivity index (χ0n) is 11.0. The number of carboxylic acids is 1. The highest BCUT2D eigenvalue weighted by molar-refractivity contribution is 5.78. The molecule has 0 bridgehead atoms. The van der Waals surface area contributed by atoms with E-state index in [9.17, 15) is 4.79 Å². The maximum atomic E-state index is 11.0. The maximum Gasteiger partial charge on any atom is 0.323 e. The van der Waals surface area contributed by atoms with Crippen molar-refractivity contribution in [3.05, 3.63) is 0 Å². The van der Waals surface area contributed by atoms with Gasteiger partial charge in [-0.3, -0.25) is 4.79 Å². The molecule has 96 valence electrons. The number of aliphatic carboxylic acids is 1. The Hall–Kier alpha value is -0.610. The topological polar surface area (TPSA) is 52.6 Å². The Labute approximate surface area is 99.0 Å². The molecule has 0 aliphatic carbocycles. The molecule has 4 nitrogen and oxygen atoms in total. The van der Waals surface area contributed by atoms with E-state index in [1.54, 1.807) is 14.0 Å². The van der Waals surface area contributed by atoms with E-state index in [4.69, 9.17) is 5.11 Å². The fraction of sp³-hybridized carbons (Fsp3) is 0.917. The van der Waals surface area contributed by atoms with Crippen LogP contribution in [0.4, 0.5) is 0 Å². The van der Waals surface area contributed by atoms with Gasteiger partial charge in [0, 0.05) is 0 Å². The fourth-order valence-corrected chi connectivity index (χ4v) is 1.69. The number of carbonyl (C=O) groups is 1. The SMILES string of the molecule is CCN(CC)CCCCC(C)(NC)C(=O)O. The average molecular weight is 230 g/mol. The van der Waals surface area contributed by atoms with Gasteiger partial charge in [-0.15, -0.1) is 0 Å². The number of nitrogens with zero attached hydrogens (tertiary/aromatic N) is 1. The second-order valence-electron chi connectivity index (χ2n) is 4.37. The third kappa shape index (κ3) is 4.94. The van der Waals surface area contributed by atoms with E-state index in [2.05, 4.69) is 24.1 Å². The molecule has 0 saturated carbocycles. The molecule has 0 aromatic heterocycles. The van der Waals surface area contributed by atoms with Crippen LogP contribution in [0.25, 0.3) is 0 Å². The van der Waals surface area contributed by atoms with Gasteiger partial charge in [0.05, 0.1) is 0 Å². The Morgan fingerprint density at radius 3 is 2.25 bits per heavy atom. The van der Waals surface area contributed by atoms with Crippen LogP contribution in [-0.4, -0.2) is 48.2 Å². The van der Waals surface area contributed by atoms with Gasteiger partial charge in [0.15, 0.2) is 0 Å². The molecule has 0 aromatic carbocycles. The molecular weight excluding hydrogens is 204 g/mol. The van der Waals surface area contributed by atoms with Crippen molar-refractivity contribution in [2.75, 3.05) is 26.7 Å². The molecule has 0 aliphatic rings. The molecule has 0 amide bonds. The van der Waals surface area contributed by atoms with Crippen molar-refractivity contribution in [3.8, 4) is 0 Å². The van der Waals surface area contributed by atoms with Gasteiger partial charge >= 0.3 is 5.97 Å². The number of rotatable bonds is 9. The number of nitrogens with one attached hydrogen (secondary N) is 1. The van der Waals surface area contributed by atoms with Gasteiger partial charge in [0.1, 0.15) is 5.54 Å². The smallest absolute Gasteiger partial charge is 0.323 e. The van der Waals surface area contributed by atoms with Crippen LogP contribution in [0.15, 0.2) is 0 Å². The van der Waals surface area contributed by atoms with Crippen molar-refractivity contribution < 1.29 is 9.90 Å². The number of hydrogen-bond donors (Lipinski definition) is 2. The van der Waals surface area contributed by atoms with Gasteiger partial charge in [0.25, 0.3) is 0 Å². The lowest BCUT2D eigenvalue weighted by Crippen LogP contribution is -2.47. The van der Waals surface area contributed by atoms with Gasteiger partial charge in [-0.1, -0.05) is 13.8 Å². The van der Waals surface area contributed by atoms with Crippen LogP contribution in [0.1, 0.15) is 40.0 Å². The highest BCUT2D eigenvalue weighted by Crippen LogP contribution is 2.13. The van der Waals surface area contributed by atoms with Crippen molar-refractivity contribution >= 4 is 5.97 Å². The first kappa shape index (κ1) is 15.4. The Bertz CT molecular complexity index is 205. The van der Waals surface area contributed by atoms with Gasteiger partial charge in [-0.25, -0.2) is 0 Å². The molecule has 0 heterocycles. The summed E-state index contributed by atoms with van der Waals surface area (Å²) in [7, 11) is 1.71. The molecule has 16 heavy (non-hydrogen) atoms. The monoisotopic (exact) mass is 230 g/mol. The molecule has 0 rings (SSSR count). The first-order valence-corrected chi connectivity index (χ1v) is 6.14. The third-order valence-electron chi connectivity index (χ3n) is 3.32. The number of likely N-dealkylation sites (N-methyl/N-ethyl adjacent to an activating group) is 1. The third-order valence-corrected chi connectivity index (χ3v) is 3.32. The predicted octanol–water partition coefficient (Wildman–Crippen LogP) is 1.56. The minimum atomic E-state index is -0.775. The lowest BCUT2D eigenvalue weighted by Gasteiger charge is -2.24. The summed E-state index contributed by atoms with van der Waals surface area (Å²) in [4.78, 5) is 13.4. The second kappa shape index (κ2) is 7.63. The number of hydrogen-bond acceptors (Lipinski definition) is 3. The van der Waals surface area contributed by atoms with Crippen LogP contribution < -0.4 is 5.32 Å². The highest BCUT2D eigenvalue weighted by Gasteiger charge is 2.29. The molecule has 0 aromatic rings. The summed E-state index contributed by atoms with van der Waals surface area (Å²) in [6.07, 6.45) is 2.69. The first-order valence-electron chi connectivity index (χ1n) is 6.14. The number of carboxylic acid groups (broad SMARTS) is 1. The van der Waals surface area contributed by atoms with E-state index in [1.807, 2.05) is 0 Å². The molecule has 0 radical (unpaired) electrons. The van der Waals surface area contributed by atoms with E-state index < -0.39 is 11.5 Å². The van der Waals surface area contributed by atoms with E-state index in [0.29, 0.717) is 6.42 Å². The summed E-state index contributed by atoms with van der Waals surface area (Å²) in [6, 6.07) is 0. The van der Waals surface area contributed by atoms with E-state index in [-0.39, 0.29) is 0 Å². The Kier molecular flexibility index (Phi) is 7.34. The second-order valence-corrected chi connectivity index (χ2v) is 4.37. The lowest BCUT2D eigenvalue weighted by molar-refractivity contribution is -0.144. The minimum absolute atomic E-state index is 0.681. The lowest BCUT2D eigenvalue weighted by atomic mass is 9.95. The summed E-state index contributed by atoms with van der Waals surface area (Å²) in [5.41, 5.74) is -0.775. The summed E-state index contributed by atoms with van der Waals surface area (Å²) < 4.78 is 0. The summed E-state index contributed by atoms with van der Waals surface area (Å²) >= 11 is 0. The summed E-state index contributed by atoms with van der Waals surface area (Å²) in [5, 5.41) is 11.9. The molecule has 4 heteroatoms. The van der Waals surface area contributed by atoms with Crippen molar-refractivity contribution in [1.82, 2.24) is 10.2 Å². The van der Waals surface area contributed by atoms with Gasteiger partial charge < -0.3 is 15.3 Å². The van der Waals surface area contributed by atoms with E-state index >= 15 is 0 Å². The molecule has 0 saturated heterocycles. The molecule has 0 spiro atoms. The zero-order chi connectivity index (χ0) is 12.6. The van der Waals surface area contributed by atoms with Crippen LogP contribution in [0, 0.1) is 0 Å². The largest absolute Gasteiger partial charge is 0.480 e. The van der Waals surface area contributed by atoms with Gasteiger partial charge in [-0.05, 0) is 52.9 Å². The standard InChI is InChI=1S/C12H26N2O2/c1-5-14(6-2)10-8-7-9-12(3,13-4)11(15)16/h13H,5-10H2,1-4H3,(H,15,16). The molecule has 2 N–H and O–H groups in total. The van der Waals surface area contributed by atoms with Crippen molar-refractivity contribution in [3.63, 3.8) is 0 Å². The van der Waals surface area contributed by atoms with Gasteiger partial charge in [0.2, 0.25) is 0 Å². The van der Waals surface area contributed by atoms with Gasteiger partial charge in [-0.2, -0.15) is 0 Å². The molecule has 1 atom stereocenters. The quantitative estimate of drug-likeness (QED) is 0.590. The van der Waals surface area contributed by atoms with Crippen LogP contribution >= 0.6 is 0 Å². The molecule has 0 fully saturated rings. The molecule has 1 unspecified atom stereocenters. The molecule has 0 aliphatic heterocycles.